The minimum atomic E-state index is -0.270. The standard InChI is InChI=1S/C21H25N5O2/c1-2-17-13-16(14-22)6-7-18(17)25-21(27)24-15-20(19-5-3-4-8-23-19)26-9-11-28-12-10-26/h3-8,13,20H,2,9-12,15H2,1H3,(H2,24,25,27). The summed E-state index contributed by atoms with van der Waals surface area (Å²) in [6, 6.07) is 13.0. The number of nitrogens with one attached hydrogen (secondary N) is 2. The molecule has 3 rings (SSSR count). The van der Waals surface area contributed by atoms with Gasteiger partial charge in [-0.3, -0.25) is 9.88 Å². The van der Waals surface area contributed by atoms with Gasteiger partial charge in [0.05, 0.1) is 36.6 Å². The first-order chi connectivity index (χ1) is 13.7. The molecule has 2 aromatic rings. The quantitative estimate of drug-likeness (QED) is 0.805. The summed E-state index contributed by atoms with van der Waals surface area (Å²) in [6.07, 6.45) is 2.50. The van der Waals surface area contributed by atoms with Crippen molar-refractivity contribution in [2.45, 2.75) is 19.4 Å². The Morgan fingerprint density at radius 2 is 2.14 bits per heavy atom. The highest BCUT2D eigenvalue weighted by Crippen LogP contribution is 2.20. The van der Waals surface area contributed by atoms with E-state index in [1.165, 1.54) is 0 Å². The summed E-state index contributed by atoms with van der Waals surface area (Å²) < 4.78 is 5.45. The summed E-state index contributed by atoms with van der Waals surface area (Å²) in [6.45, 7) is 5.41. The number of aromatic nitrogens is 1. The van der Waals surface area contributed by atoms with Crippen LogP contribution in [0.2, 0.25) is 0 Å². The lowest BCUT2D eigenvalue weighted by Gasteiger charge is -2.34. The van der Waals surface area contributed by atoms with E-state index in [1.54, 1.807) is 24.4 Å². The summed E-state index contributed by atoms with van der Waals surface area (Å²) in [5.74, 6) is 0. The summed E-state index contributed by atoms with van der Waals surface area (Å²) in [5.41, 5.74) is 3.17. The lowest BCUT2D eigenvalue weighted by molar-refractivity contribution is 0.0159. The van der Waals surface area contributed by atoms with Gasteiger partial charge in [0.1, 0.15) is 0 Å². The molecule has 1 aliphatic rings. The molecule has 1 atom stereocenters. The Kier molecular flexibility index (Phi) is 6.95. The lowest BCUT2D eigenvalue weighted by Crippen LogP contribution is -2.44. The van der Waals surface area contributed by atoms with Crippen molar-refractivity contribution in [1.29, 1.82) is 5.26 Å². The number of rotatable bonds is 6. The first kappa shape index (κ1) is 19.8. The largest absolute Gasteiger partial charge is 0.379 e. The Labute approximate surface area is 165 Å². The van der Waals surface area contributed by atoms with Crippen LogP contribution < -0.4 is 10.6 Å². The minimum absolute atomic E-state index is 0.0116. The maximum atomic E-state index is 12.5. The molecule has 0 aliphatic carbocycles. The number of aryl methyl sites for hydroxylation is 1. The second-order valence-electron chi connectivity index (χ2n) is 6.59. The molecule has 1 unspecified atom stereocenters. The zero-order valence-electron chi connectivity index (χ0n) is 16.0. The third-order valence-corrected chi connectivity index (χ3v) is 4.84. The van der Waals surface area contributed by atoms with E-state index in [2.05, 4.69) is 26.6 Å². The Morgan fingerprint density at radius 1 is 1.32 bits per heavy atom. The molecule has 0 bridgehead atoms. The van der Waals surface area contributed by atoms with Crippen molar-refractivity contribution in [3.63, 3.8) is 0 Å². The molecule has 1 aromatic carbocycles. The van der Waals surface area contributed by atoms with Crippen molar-refractivity contribution >= 4 is 11.7 Å². The van der Waals surface area contributed by atoms with Crippen molar-refractivity contribution < 1.29 is 9.53 Å². The van der Waals surface area contributed by atoms with Crippen LogP contribution >= 0.6 is 0 Å². The van der Waals surface area contributed by atoms with Gasteiger partial charge in [-0.15, -0.1) is 0 Å². The molecule has 2 heterocycles. The average molecular weight is 379 g/mol. The van der Waals surface area contributed by atoms with Crippen LogP contribution in [-0.4, -0.2) is 48.8 Å². The maximum absolute atomic E-state index is 12.5. The first-order valence-electron chi connectivity index (χ1n) is 9.52. The minimum Gasteiger partial charge on any atom is -0.379 e. The fourth-order valence-corrected chi connectivity index (χ4v) is 3.32. The number of ether oxygens (including phenoxy) is 1. The van der Waals surface area contributed by atoms with Gasteiger partial charge in [-0.25, -0.2) is 4.79 Å². The number of nitriles is 1. The number of carbonyl (C=O) groups excluding carboxylic acids is 1. The Balaban J connectivity index is 1.66. The van der Waals surface area contributed by atoms with Crippen LogP contribution in [0, 0.1) is 11.3 Å². The smallest absolute Gasteiger partial charge is 0.319 e. The van der Waals surface area contributed by atoms with E-state index < -0.39 is 0 Å². The van der Waals surface area contributed by atoms with E-state index in [0.717, 1.165) is 36.5 Å². The van der Waals surface area contributed by atoms with Gasteiger partial charge >= 0.3 is 6.03 Å². The molecule has 0 saturated carbocycles. The number of benzene rings is 1. The van der Waals surface area contributed by atoms with Crippen LogP contribution in [0.25, 0.3) is 0 Å². The van der Waals surface area contributed by atoms with E-state index in [9.17, 15) is 4.79 Å². The van der Waals surface area contributed by atoms with Gasteiger partial charge in [0.2, 0.25) is 0 Å². The molecule has 0 spiro atoms. The molecule has 1 aliphatic heterocycles. The predicted molar refractivity (Wildman–Crippen MR) is 107 cm³/mol. The second kappa shape index (κ2) is 9.83. The molecule has 2 amide bonds. The van der Waals surface area contributed by atoms with Crippen molar-refractivity contribution in [1.82, 2.24) is 15.2 Å². The number of hydrogen-bond donors (Lipinski definition) is 2. The molecule has 1 saturated heterocycles. The third-order valence-electron chi connectivity index (χ3n) is 4.84. The molecule has 2 N–H and O–H groups in total. The van der Waals surface area contributed by atoms with Gasteiger partial charge < -0.3 is 15.4 Å². The summed E-state index contributed by atoms with van der Waals surface area (Å²) in [7, 11) is 0. The average Bonchev–Trinajstić information content (AvgIpc) is 2.75. The zero-order valence-corrected chi connectivity index (χ0v) is 16.0. The van der Waals surface area contributed by atoms with E-state index >= 15 is 0 Å². The number of hydrogen-bond acceptors (Lipinski definition) is 5. The molecule has 7 nitrogen and oxygen atoms in total. The molecule has 146 valence electrons. The first-order valence-corrected chi connectivity index (χ1v) is 9.52. The topological polar surface area (TPSA) is 90.3 Å². The molecular weight excluding hydrogens is 354 g/mol. The summed E-state index contributed by atoms with van der Waals surface area (Å²) in [5, 5.41) is 14.9. The molecule has 7 heteroatoms. The Bertz CT molecular complexity index is 828. The normalized spacial score (nSPS) is 15.4. The van der Waals surface area contributed by atoms with Gasteiger partial charge in [-0.1, -0.05) is 13.0 Å². The predicted octanol–water partition coefficient (Wildman–Crippen LogP) is 2.71. The fraction of sp³-hybridized carbons (Fsp3) is 0.381. The fourth-order valence-electron chi connectivity index (χ4n) is 3.32. The monoisotopic (exact) mass is 379 g/mol. The second-order valence-corrected chi connectivity index (χ2v) is 6.59. The molecule has 1 aromatic heterocycles. The van der Waals surface area contributed by atoms with Gasteiger partial charge in [0, 0.05) is 31.5 Å². The van der Waals surface area contributed by atoms with Crippen molar-refractivity contribution in [2.75, 3.05) is 38.2 Å². The third kappa shape index (κ3) is 5.06. The zero-order chi connectivity index (χ0) is 19.8. The number of carbonyl (C=O) groups is 1. The number of anilines is 1. The molecule has 0 radical (unpaired) electrons. The van der Waals surface area contributed by atoms with Crippen LogP contribution in [0.5, 0.6) is 0 Å². The van der Waals surface area contributed by atoms with Gasteiger partial charge in [-0.2, -0.15) is 5.26 Å². The Hall–Kier alpha value is -2.95. The van der Waals surface area contributed by atoms with Gasteiger partial charge in [0.15, 0.2) is 0 Å². The van der Waals surface area contributed by atoms with Crippen LogP contribution in [0.4, 0.5) is 10.5 Å². The number of urea groups is 1. The highest BCUT2D eigenvalue weighted by atomic mass is 16.5. The molecule has 28 heavy (non-hydrogen) atoms. The van der Waals surface area contributed by atoms with Crippen molar-refractivity contribution in [2.24, 2.45) is 0 Å². The van der Waals surface area contributed by atoms with Gasteiger partial charge in [0.25, 0.3) is 0 Å². The van der Waals surface area contributed by atoms with E-state index in [0.29, 0.717) is 25.3 Å². The molecular formula is C21H25N5O2. The lowest BCUT2D eigenvalue weighted by atomic mass is 10.1. The SMILES string of the molecule is CCc1cc(C#N)ccc1NC(=O)NCC(c1ccccn1)N1CCOCC1. The van der Waals surface area contributed by atoms with Crippen LogP contribution in [0.3, 0.4) is 0 Å². The summed E-state index contributed by atoms with van der Waals surface area (Å²) >= 11 is 0. The van der Waals surface area contributed by atoms with Crippen LogP contribution in [0.1, 0.15) is 29.8 Å². The van der Waals surface area contributed by atoms with Crippen molar-refractivity contribution in [3.05, 3.63) is 59.4 Å². The van der Waals surface area contributed by atoms with Gasteiger partial charge in [-0.05, 0) is 42.3 Å². The number of pyridine rings is 1. The van der Waals surface area contributed by atoms with Crippen LogP contribution in [-0.2, 0) is 11.2 Å². The Morgan fingerprint density at radius 3 is 2.82 bits per heavy atom. The van der Waals surface area contributed by atoms with Crippen LogP contribution in [0.15, 0.2) is 42.6 Å². The maximum Gasteiger partial charge on any atom is 0.319 e. The molecule has 1 fully saturated rings. The highest BCUT2D eigenvalue weighted by Gasteiger charge is 2.24. The summed E-state index contributed by atoms with van der Waals surface area (Å²) in [4.78, 5) is 19.3. The highest BCUT2D eigenvalue weighted by molar-refractivity contribution is 5.90. The van der Waals surface area contributed by atoms with E-state index in [-0.39, 0.29) is 12.1 Å². The van der Waals surface area contributed by atoms with E-state index in [1.807, 2.05) is 25.1 Å². The number of nitrogens with zero attached hydrogens (tertiary/aromatic N) is 3. The number of amides is 2. The van der Waals surface area contributed by atoms with Crippen molar-refractivity contribution in [3.8, 4) is 6.07 Å². The number of morpholine rings is 1. The van der Waals surface area contributed by atoms with E-state index in [4.69, 9.17) is 10.00 Å².